The van der Waals surface area contributed by atoms with Gasteiger partial charge in [-0.15, -0.1) is 11.3 Å². The van der Waals surface area contributed by atoms with Crippen LogP contribution in [0, 0.1) is 5.82 Å². The molecule has 176 valence electrons. The maximum Gasteiger partial charge on any atom is 0.246 e. The molecule has 0 fully saturated rings. The third kappa shape index (κ3) is 5.25. The molecule has 3 aromatic rings. The van der Waals surface area contributed by atoms with E-state index in [0.717, 1.165) is 25.7 Å². The Morgan fingerprint density at radius 3 is 2.62 bits per heavy atom. The SMILES string of the molecule is CCCN(C(=O)/C=C/c1csc(N(C(C)=O)c2ccccc2F)n1)C1CCc2ccccc2C1. The molecule has 1 aliphatic rings. The van der Waals surface area contributed by atoms with Gasteiger partial charge in [0, 0.05) is 31.0 Å². The number of hydrogen-bond acceptors (Lipinski definition) is 4. The van der Waals surface area contributed by atoms with Crippen molar-refractivity contribution in [2.24, 2.45) is 0 Å². The number of aromatic nitrogens is 1. The highest BCUT2D eigenvalue weighted by Gasteiger charge is 2.26. The van der Waals surface area contributed by atoms with Crippen LogP contribution < -0.4 is 4.90 Å². The predicted molar refractivity (Wildman–Crippen MR) is 135 cm³/mol. The fourth-order valence-electron chi connectivity index (χ4n) is 4.41. The minimum Gasteiger partial charge on any atom is -0.336 e. The quantitative estimate of drug-likeness (QED) is 0.406. The molecular weight excluding hydrogens is 449 g/mol. The lowest BCUT2D eigenvalue weighted by Gasteiger charge is -2.34. The molecule has 0 N–H and O–H groups in total. The fraction of sp³-hybridized carbons (Fsp3) is 0.296. The van der Waals surface area contributed by atoms with Gasteiger partial charge < -0.3 is 4.90 Å². The van der Waals surface area contributed by atoms with Gasteiger partial charge in [0.1, 0.15) is 5.82 Å². The zero-order valence-electron chi connectivity index (χ0n) is 19.4. The number of para-hydroxylation sites is 1. The fourth-order valence-corrected chi connectivity index (χ4v) is 5.25. The largest absolute Gasteiger partial charge is 0.336 e. The molecule has 1 unspecified atom stereocenters. The molecule has 1 atom stereocenters. The average Bonchev–Trinajstić information content (AvgIpc) is 3.30. The smallest absolute Gasteiger partial charge is 0.246 e. The second-order valence-corrected chi connectivity index (χ2v) is 9.23. The summed E-state index contributed by atoms with van der Waals surface area (Å²) in [5.41, 5.74) is 3.40. The molecule has 5 nitrogen and oxygen atoms in total. The van der Waals surface area contributed by atoms with E-state index in [4.69, 9.17) is 0 Å². The molecule has 0 aliphatic heterocycles. The Hall–Kier alpha value is -3.32. The number of rotatable bonds is 7. The van der Waals surface area contributed by atoms with Crippen molar-refractivity contribution in [1.82, 2.24) is 9.88 Å². The third-order valence-corrected chi connectivity index (χ3v) is 6.86. The first-order valence-corrected chi connectivity index (χ1v) is 12.4. The standard InChI is InChI=1S/C27H28FN3O2S/c1-3-16-30(23-14-12-20-8-4-5-9-21(20)17-23)26(33)15-13-22-18-34-27(29-22)31(19(2)32)25-11-7-6-10-24(25)28/h4-11,13,15,18,23H,3,12,14,16-17H2,1-2H3/b15-13+. The van der Waals surface area contributed by atoms with Crippen LogP contribution in [0.3, 0.4) is 0 Å². The van der Waals surface area contributed by atoms with Gasteiger partial charge in [-0.3, -0.25) is 14.5 Å². The van der Waals surface area contributed by atoms with E-state index in [1.54, 1.807) is 35.7 Å². The summed E-state index contributed by atoms with van der Waals surface area (Å²) in [5, 5.41) is 2.12. The van der Waals surface area contributed by atoms with Crippen molar-refractivity contribution in [3.8, 4) is 0 Å². The summed E-state index contributed by atoms with van der Waals surface area (Å²) < 4.78 is 14.3. The Morgan fingerprint density at radius 2 is 1.88 bits per heavy atom. The van der Waals surface area contributed by atoms with Crippen LogP contribution in [0.25, 0.3) is 6.08 Å². The monoisotopic (exact) mass is 477 g/mol. The number of halogens is 1. The van der Waals surface area contributed by atoms with Crippen LogP contribution >= 0.6 is 11.3 Å². The van der Waals surface area contributed by atoms with E-state index < -0.39 is 5.82 Å². The van der Waals surface area contributed by atoms with Crippen LogP contribution in [-0.2, 0) is 22.4 Å². The minimum absolute atomic E-state index is 0.0432. The van der Waals surface area contributed by atoms with Crippen LogP contribution in [0.5, 0.6) is 0 Å². The van der Waals surface area contributed by atoms with Crippen molar-refractivity contribution in [1.29, 1.82) is 0 Å². The molecule has 0 spiro atoms. The van der Waals surface area contributed by atoms with E-state index in [2.05, 4.69) is 36.2 Å². The van der Waals surface area contributed by atoms with E-state index >= 15 is 0 Å². The number of fused-ring (bicyclic) bond motifs is 1. The number of aryl methyl sites for hydroxylation is 1. The summed E-state index contributed by atoms with van der Waals surface area (Å²) in [6.45, 7) is 4.15. The molecule has 2 amide bonds. The van der Waals surface area contributed by atoms with Crippen molar-refractivity contribution >= 4 is 40.0 Å². The number of nitrogens with zero attached hydrogens (tertiary/aromatic N) is 3. The lowest BCUT2D eigenvalue weighted by atomic mass is 9.87. The molecule has 34 heavy (non-hydrogen) atoms. The van der Waals surface area contributed by atoms with E-state index in [9.17, 15) is 14.0 Å². The van der Waals surface area contributed by atoms with Crippen molar-refractivity contribution in [3.05, 3.63) is 82.6 Å². The van der Waals surface area contributed by atoms with Gasteiger partial charge >= 0.3 is 0 Å². The van der Waals surface area contributed by atoms with Gasteiger partial charge in [-0.05, 0) is 55.0 Å². The van der Waals surface area contributed by atoms with Crippen molar-refractivity contribution in [3.63, 3.8) is 0 Å². The zero-order valence-corrected chi connectivity index (χ0v) is 20.2. The molecule has 4 rings (SSSR count). The first kappa shape index (κ1) is 23.8. The van der Waals surface area contributed by atoms with E-state index in [1.165, 1.54) is 40.4 Å². The van der Waals surface area contributed by atoms with Gasteiger partial charge in [-0.1, -0.05) is 43.3 Å². The Morgan fingerprint density at radius 1 is 1.15 bits per heavy atom. The normalized spacial score (nSPS) is 15.2. The molecule has 0 bridgehead atoms. The summed E-state index contributed by atoms with van der Waals surface area (Å²) in [7, 11) is 0. The lowest BCUT2D eigenvalue weighted by Crippen LogP contribution is -2.43. The summed E-state index contributed by atoms with van der Waals surface area (Å²) in [4.78, 5) is 33.1. The molecule has 2 aromatic carbocycles. The number of thiazole rings is 1. The van der Waals surface area contributed by atoms with Gasteiger partial charge in [0.2, 0.25) is 11.8 Å². The number of amides is 2. The number of carbonyl (C=O) groups excluding carboxylic acids is 2. The second-order valence-electron chi connectivity index (χ2n) is 8.39. The van der Waals surface area contributed by atoms with Crippen LogP contribution in [0.2, 0.25) is 0 Å². The molecule has 1 aromatic heterocycles. The van der Waals surface area contributed by atoms with Crippen molar-refractivity contribution < 1.29 is 14.0 Å². The lowest BCUT2D eigenvalue weighted by molar-refractivity contribution is -0.128. The van der Waals surface area contributed by atoms with Gasteiger partial charge in [-0.2, -0.15) is 0 Å². The van der Waals surface area contributed by atoms with E-state index in [-0.39, 0.29) is 23.5 Å². The Balaban J connectivity index is 1.50. The molecule has 1 aliphatic carbocycles. The number of carbonyl (C=O) groups is 2. The van der Waals surface area contributed by atoms with Crippen molar-refractivity contribution in [2.75, 3.05) is 11.4 Å². The van der Waals surface area contributed by atoms with E-state index in [1.807, 2.05) is 4.90 Å². The minimum atomic E-state index is -0.496. The van der Waals surface area contributed by atoms with Crippen LogP contribution in [0.1, 0.15) is 43.5 Å². The van der Waals surface area contributed by atoms with Crippen LogP contribution in [0.4, 0.5) is 15.2 Å². The highest BCUT2D eigenvalue weighted by atomic mass is 32.1. The number of benzene rings is 2. The number of anilines is 2. The second kappa shape index (κ2) is 10.7. The number of hydrogen-bond donors (Lipinski definition) is 0. The van der Waals surface area contributed by atoms with Gasteiger partial charge in [-0.25, -0.2) is 9.37 Å². The summed E-state index contributed by atoms with van der Waals surface area (Å²) in [6.07, 6.45) is 6.90. The summed E-state index contributed by atoms with van der Waals surface area (Å²) >= 11 is 1.23. The Kier molecular flexibility index (Phi) is 7.53. The molecule has 0 saturated heterocycles. The molecule has 0 saturated carbocycles. The first-order chi connectivity index (χ1) is 16.5. The highest BCUT2D eigenvalue weighted by Crippen LogP contribution is 2.31. The van der Waals surface area contributed by atoms with Crippen molar-refractivity contribution in [2.45, 2.75) is 45.6 Å². The predicted octanol–water partition coefficient (Wildman–Crippen LogP) is 5.78. The average molecular weight is 478 g/mol. The Labute approximate surface area is 203 Å². The summed E-state index contributed by atoms with van der Waals surface area (Å²) in [6, 6.07) is 14.7. The van der Waals surface area contributed by atoms with Gasteiger partial charge in [0.05, 0.1) is 11.4 Å². The van der Waals surface area contributed by atoms with Crippen LogP contribution in [0.15, 0.2) is 60.0 Å². The summed E-state index contributed by atoms with van der Waals surface area (Å²) in [5.74, 6) is -0.875. The first-order valence-electron chi connectivity index (χ1n) is 11.5. The topological polar surface area (TPSA) is 53.5 Å². The molecule has 0 radical (unpaired) electrons. The maximum atomic E-state index is 14.3. The van der Waals surface area contributed by atoms with Gasteiger partial charge in [0.25, 0.3) is 0 Å². The molecular formula is C27H28FN3O2S. The van der Waals surface area contributed by atoms with E-state index in [0.29, 0.717) is 17.4 Å². The van der Waals surface area contributed by atoms with Crippen LogP contribution in [-0.4, -0.2) is 34.3 Å². The Bertz CT molecular complexity index is 1210. The third-order valence-electron chi connectivity index (χ3n) is 6.02. The maximum absolute atomic E-state index is 14.3. The van der Waals surface area contributed by atoms with Gasteiger partial charge in [0.15, 0.2) is 5.13 Å². The molecule has 1 heterocycles. The molecule has 7 heteroatoms. The zero-order chi connectivity index (χ0) is 24.1. The highest BCUT2D eigenvalue weighted by molar-refractivity contribution is 7.14.